The van der Waals surface area contributed by atoms with Crippen LogP contribution < -0.4 is 5.32 Å². The fraction of sp³-hybridized carbons (Fsp3) is 0.133. The predicted octanol–water partition coefficient (Wildman–Crippen LogP) is 2.99. The Labute approximate surface area is 149 Å². The van der Waals surface area contributed by atoms with Crippen molar-refractivity contribution in [3.63, 3.8) is 0 Å². The number of rotatable bonds is 6. The molecule has 0 saturated carbocycles. The zero-order chi connectivity index (χ0) is 17.8. The number of benzene rings is 1. The summed E-state index contributed by atoms with van der Waals surface area (Å²) in [5, 5.41) is 15.4. The highest BCUT2D eigenvalue weighted by Crippen LogP contribution is 2.29. The summed E-state index contributed by atoms with van der Waals surface area (Å²) < 4.78 is 5.50. The van der Waals surface area contributed by atoms with E-state index in [2.05, 4.69) is 10.3 Å². The summed E-state index contributed by atoms with van der Waals surface area (Å²) in [6, 6.07) is 7.90. The van der Waals surface area contributed by atoms with Crippen LogP contribution in [0, 0.1) is 10.1 Å². The molecule has 2 aromatic heterocycles. The number of non-ortho nitro benzene ring substituents is 1. The van der Waals surface area contributed by atoms with E-state index in [1.165, 1.54) is 29.5 Å². The topological polar surface area (TPSA) is 111 Å². The highest BCUT2D eigenvalue weighted by Gasteiger charge is 2.13. The minimum absolute atomic E-state index is 0.0449. The Hall–Kier alpha value is -2.85. The first-order valence-corrected chi connectivity index (χ1v) is 8.74. The summed E-state index contributed by atoms with van der Waals surface area (Å²) in [7, 11) is 0. The van der Waals surface area contributed by atoms with Crippen LogP contribution in [-0.4, -0.2) is 28.4 Å². The molecule has 0 saturated heterocycles. The van der Waals surface area contributed by atoms with Gasteiger partial charge in [0.2, 0.25) is 0 Å². The van der Waals surface area contributed by atoms with Gasteiger partial charge in [-0.3, -0.25) is 25.0 Å². The van der Waals surface area contributed by atoms with Gasteiger partial charge in [0.1, 0.15) is 0 Å². The number of nitro groups is 1. The lowest BCUT2D eigenvalue weighted by Crippen LogP contribution is -2.21. The largest absolute Gasteiger partial charge is 0.455 e. The van der Waals surface area contributed by atoms with E-state index in [0.717, 1.165) is 16.2 Å². The molecular formula is C15H11N3O5S2. The molecular weight excluding hydrogens is 366 g/mol. The van der Waals surface area contributed by atoms with Gasteiger partial charge in [-0.05, 0) is 17.5 Å². The molecule has 0 aliphatic rings. The van der Waals surface area contributed by atoms with Crippen molar-refractivity contribution in [2.45, 2.75) is 6.42 Å². The second-order valence-electron chi connectivity index (χ2n) is 4.89. The van der Waals surface area contributed by atoms with Gasteiger partial charge in [0.25, 0.3) is 11.6 Å². The number of nitrogens with one attached hydrogen (secondary N) is 1. The smallest absolute Gasteiger partial charge is 0.311 e. The van der Waals surface area contributed by atoms with Crippen molar-refractivity contribution in [1.29, 1.82) is 0 Å². The Morgan fingerprint density at radius 2 is 2.16 bits per heavy atom. The lowest BCUT2D eigenvalue weighted by Gasteiger charge is -2.03. The molecule has 3 rings (SSSR count). The first-order valence-electron chi connectivity index (χ1n) is 7.04. The van der Waals surface area contributed by atoms with Gasteiger partial charge in [-0.2, -0.15) is 0 Å². The van der Waals surface area contributed by atoms with Crippen molar-refractivity contribution >= 4 is 55.6 Å². The van der Waals surface area contributed by atoms with E-state index in [4.69, 9.17) is 4.74 Å². The zero-order valence-corrected chi connectivity index (χ0v) is 14.3. The summed E-state index contributed by atoms with van der Waals surface area (Å²) in [5.41, 5.74) is 0.497. The maximum absolute atomic E-state index is 11.8. The second kappa shape index (κ2) is 7.36. The van der Waals surface area contributed by atoms with Crippen LogP contribution in [0.3, 0.4) is 0 Å². The van der Waals surface area contributed by atoms with Crippen molar-refractivity contribution in [2.24, 2.45) is 0 Å². The fourth-order valence-corrected chi connectivity index (χ4v) is 3.59. The van der Waals surface area contributed by atoms with Gasteiger partial charge in [-0.1, -0.05) is 17.4 Å². The van der Waals surface area contributed by atoms with Gasteiger partial charge in [0.05, 0.1) is 21.6 Å². The quantitative estimate of drug-likeness (QED) is 0.401. The molecule has 0 unspecified atom stereocenters. The van der Waals surface area contributed by atoms with Crippen LogP contribution in [0.25, 0.3) is 10.2 Å². The minimum Gasteiger partial charge on any atom is -0.455 e. The highest BCUT2D eigenvalue weighted by molar-refractivity contribution is 7.22. The lowest BCUT2D eigenvalue weighted by molar-refractivity contribution is -0.384. The number of nitrogens with zero attached hydrogens (tertiary/aromatic N) is 2. The summed E-state index contributed by atoms with van der Waals surface area (Å²) in [6.45, 7) is -0.416. The number of hydrogen-bond donors (Lipinski definition) is 1. The molecule has 1 amide bonds. The number of thiophene rings is 1. The number of hydrogen-bond acceptors (Lipinski definition) is 8. The molecule has 0 atom stereocenters. The molecule has 0 spiro atoms. The van der Waals surface area contributed by atoms with Gasteiger partial charge in [-0.25, -0.2) is 4.98 Å². The molecule has 0 aliphatic carbocycles. The number of amides is 1. The van der Waals surface area contributed by atoms with E-state index >= 15 is 0 Å². The molecule has 1 N–H and O–H groups in total. The maximum atomic E-state index is 11.8. The van der Waals surface area contributed by atoms with Crippen LogP contribution in [0.4, 0.5) is 10.8 Å². The highest BCUT2D eigenvalue weighted by atomic mass is 32.1. The number of thiazole rings is 1. The first-order chi connectivity index (χ1) is 12.0. The average Bonchev–Trinajstić information content (AvgIpc) is 3.20. The van der Waals surface area contributed by atoms with E-state index in [9.17, 15) is 19.7 Å². The number of esters is 1. The zero-order valence-electron chi connectivity index (χ0n) is 12.6. The van der Waals surface area contributed by atoms with Gasteiger partial charge < -0.3 is 4.74 Å². The molecule has 25 heavy (non-hydrogen) atoms. The Kier molecular flexibility index (Phi) is 5.00. The third-order valence-corrected chi connectivity index (χ3v) is 4.90. The van der Waals surface area contributed by atoms with Crippen LogP contribution in [0.1, 0.15) is 4.88 Å². The predicted molar refractivity (Wildman–Crippen MR) is 93.9 cm³/mol. The average molecular weight is 377 g/mol. The molecule has 3 aromatic rings. The van der Waals surface area contributed by atoms with Crippen LogP contribution in [0.2, 0.25) is 0 Å². The Morgan fingerprint density at radius 1 is 1.32 bits per heavy atom. The molecule has 0 aliphatic heterocycles. The number of aromatic nitrogens is 1. The van der Waals surface area contributed by atoms with E-state index in [0.29, 0.717) is 10.2 Å². The SMILES string of the molecule is O=C(COC(=O)Cc1cccs1)Nc1nc2ccc([N+](=O)[O-])cc2s1. The Morgan fingerprint density at radius 3 is 2.88 bits per heavy atom. The van der Waals surface area contributed by atoms with Crippen molar-refractivity contribution in [3.8, 4) is 0 Å². The minimum atomic E-state index is -0.520. The van der Waals surface area contributed by atoms with Gasteiger partial charge in [-0.15, -0.1) is 11.3 Å². The molecule has 0 radical (unpaired) electrons. The summed E-state index contributed by atoms with van der Waals surface area (Å²) in [4.78, 5) is 38.8. The molecule has 8 nitrogen and oxygen atoms in total. The molecule has 0 fully saturated rings. The third kappa shape index (κ3) is 4.37. The van der Waals surface area contributed by atoms with Crippen molar-refractivity contribution in [2.75, 3.05) is 11.9 Å². The Bertz CT molecular complexity index is 936. The Balaban J connectivity index is 1.56. The number of fused-ring (bicyclic) bond motifs is 1. The van der Waals surface area contributed by atoms with Crippen molar-refractivity contribution < 1.29 is 19.2 Å². The van der Waals surface area contributed by atoms with Crippen molar-refractivity contribution in [3.05, 3.63) is 50.7 Å². The molecule has 2 heterocycles. The van der Waals surface area contributed by atoms with Crippen LogP contribution in [0.15, 0.2) is 35.7 Å². The summed E-state index contributed by atoms with van der Waals surface area (Å²) in [6.07, 6.45) is 0.121. The van der Waals surface area contributed by atoms with Crippen LogP contribution in [0.5, 0.6) is 0 Å². The monoisotopic (exact) mass is 377 g/mol. The number of anilines is 1. The van der Waals surface area contributed by atoms with E-state index in [-0.39, 0.29) is 17.2 Å². The molecule has 0 bridgehead atoms. The lowest BCUT2D eigenvalue weighted by atomic mass is 10.3. The standard InChI is InChI=1S/C15H11N3O5S2/c19-13(8-23-14(20)7-10-2-1-5-24-10)17-15-16-11-4-3-9(18(21)22)6-12(11)25-15/h1-6H,7-8H2,(H,16,17,19). The third-order valence-electron chi connectivity index (χ3n) is 3.09. The normalized spacial score (nSPS) is 10.6. The molecule has 10 heteroatoms. The fourth-order valence-electron chi connectivity index (χ4n) is 1.99. The number of nitro benzene ring substituents is 1. The first kappa shape index (κ1) is 17.0. The van der Waals surface area contributed by atoms with Gasteiger partial charge in [0, 0.05) is 17.0 Å². The number of carbonyl (C=O) groups excluding carboxylic acids is 2. The van der Waals surface area contributed by atoms with Crippen LogP contribution in [-0.2, 0) is 20.7 Å². The summed E-state index contributed by atoms with van der Waals surface area (Å²) >= 11 is 2.54. The van der Waals surface area contributed by atoms with Crippen molar-refractivity contribution in [1.82, 2.24) is 4.98 Å². The van der Waals surface area contributed by atoms with E-state index in [1.807, 2.05) is 17.5 Å². The maximum Gasteiger partial charge on any atom is 0.311 e. The summed E-state index contributed by atoms with van der Waals surface area (Å²) in [5.74, 6) is -1.01. The second-order valence-corrected chi connectivity index (χ2v) is 6.96. The number of carbonyl (C=O) groups is 2. The van der Waals surface area contributed by atoms with Crippen LogP contribution >= 0.6 is 22.7 Å². The molecule has 128 valence electrons. The van der Waals surface area contributed by atoms with E-state index in [1.54, 1.807) is 0 Å². The van der Waals surface area contributed by atoms with Gasteiger partial charge >= 0.3 is 5.97 Å². The van der Waals surface area contributed by atoms with Gasteiger partial charge in [0.15, 0.2) is 11.7 Å². The number of ether oxygens (including phenoxy) is 1. The molecule has 1 aromatic carbocycles. The van der Waals surface area contributed by atoms with E-state index < -0.39 is 23.4 Å².